The van der Waals surface area contributed by atoms with Crippen LogP contribution >= 0.6 is 0 Å². The predicted molar refractivity (Wildman–Crippen MR) is 48.8 cm³/mol. The first-order chi connectivity index (χ1) is 5.79. The first-order valence-corrected chi connectivity index (χ1v) is 4.39. The highest BCUT2D eigenvalue weighted by Gasteiger charge is 2.33. The van der Waals surface area contributed by atoms with Crippen LogP contribution in [0.5, 0.6) is 0 Å². The largest absolute Gasteiger partial charge is 0.299 e. The summed E-state index contributed by atoms with van der Waals surface area (Å²) in [7, 11) is 2.16. The van der Waals surface area contributed by atoms with Crippen LogP contribution in [0.15, 0.2) is 24.5 Å². The lowest BCUT2D eigenvalue weighted by Crippen LogP contribution is -2.45. The van der Waals surface area contributed by atoms with Crippen molar-refractivity contribution in [1.29, 1.82) is 0 Å². The zero-order valence-corrected chi connectivity index (χ0v) is 7.57. The van der Waals surface area contributed by atoms with Gasteiger partial charge in [0.1, 0.15) is 0 Å². The van der Waals surface area contributed by atoms with Gasteiger partial charge in [0, 0.05) is 25.0 Å². The van der Waals surface area contributed by atoms with Gasteiger partial charge in [-0.2, -0.15) is 0 Å². The van der Waals surface area contributed by atoms with Gasteiger partial charge in [0.25, 0.3) is 0 Å². The molecule has 2 unspecified atom stereocenters. The van der Waals surface area contributed by atoms with Crippen LogP contribution in [0.25, 0.3) is 0 Å². The molecule has 12 heavy (non-hydrogen) atoms. The Balaban J connectivity index is 2.20. The van der Waals surface area contributed by atoms with Gasteiger partial charge in [-0.15, -0.1) is 0 Å². The zero-order chi connectivity index (χ0) is 8.55. The van der Waals surface area contributed by atoms with Crippen LogP contribution in [0.1, 0.15) is 18.5 Å². The van der Waals surface area contributed by atoms with E-state index >= 15 is 0 Å². The number of likely N-dealkylation sites (tertiary alicyclic amines) is 1. The molecule has 0 amide bonds. The van der Waals surface area contributed by atoms with E-state index in [1.54, 1.807) is 0 Å². The fourth-order valence-corrected chi connectivity index (χ4v) is 2.10. The minimum atomic E-state index is 0.596. The van der Waals surface area contributed by atoms with Gasteiger partial charge in [0.15, 0.2) is 0 Å². The molecule has 2 atom stereocenters. The third-order valence-corrected chi connectivity index (χ3v) is 2.62. The molecule has 0 N–H and O–H groups in total. The molecule has 0 aromatic carbocycles. The second-order valence-electron chi connectivity index (χ2n) is 3.65. The van der Waals surface area contributed by atoms with Gasteiger partial charge >= 0.3 is 0 Å². The lowest BCUT2D eigenvalue weighted by molar-refractivity contribution is 0.0527. The number of hydrogen-bond donors (Lipinski definition) is 0. The van der Waals surface area contributed by atoms with Crippen molar-refractivity contribution in [3.05, 3.63) is 30.1 Å². The van der Waals surface area contributed by atoms with E-state index in [0.29, 0.717) is 6.04 Å². The first-order valence-electron chi connectivity index (χ1n) is 4.39. The molecule has 2 heterocycles. The summed E-state index contributed by atoms with van der Waals surface area (Å²) < 4.78 is 0. The maximum Gasteiger partial charge on any atom is 0.0398 e. The van der Waals surface area contributed by atoms with Gasteiger partial charge in [-0.1, -0.05) is 13.0 Å². The Morgan fingerprint density at radius 1 is 1.58 bits per heavy atom. The fourth-order valence-electron chi connectivity index (χ4n) is 2.10. The minimum absolute atomic E-state index is 0.596. The Morgan fingerprint density at radius 2 is 2.42 bits per heavy atom. The Labute approximate surface area is 73.2 Å². The van der Waals surface area contributed by atoms with Crippen LogP contribution in [0.2, 0.25) is 0 Å². The second kappa shape index (κ2) is 2.87. The molecule has 64 valence electrons. The van der Waals surface area contributed by atoms with E-state index in [9.17, 15) is 0 Å². The van der Waals surface area contributed by atoms with E-state index in [1.807, 2.05) is 18.5 Å². The molecule has 1 fully saturated rings. The van der Waals surface area contributed by atoms with E-state index in [2.05, 4.69) is 29.9 Å². The Kier molecular flexibility index (Phi) is 1.85. The molecule has 1 aliphatic rings. The van der Waals surface area contributed by atoms with E-state index in [-0.39, 0.29) is 0 Å². The summed E-state index contributed by atoms with van der Waals surface area (Å²) in [5.41, 5.74) is 1.35. The number of rotatable bonds is 1. The summed E-state index contributed by atoms with van der Waals surface area (Å²) in [4.78, 5) is 6.49. The fraction of sp³-hybridized carbons (Fsp3) is 0.500. The normalized spacial score (nSPS) is 29.8. The lowest BCUT2D eigenvalue weighted by Gasteiger charge is -2.44. The molecule has 2 heteroatoms. The molecule has 1 saturated heterocycles. The van der Waals surface area contributed by atoms with Crippen molar-refractivity contribution in [1.82, 2.24) is 9.88 Å². The zero-order valence-electron chi connectivity index (χ0n) is 7.57. The monoisotopic (exact) mass is 162 g/mol. The molecule has 2 nitrogen and oxygen atoms in total. The maximum atomic E-state index is 4.13. The standard InChI is InChI=1S/C10H14N2/c1-8-7-12(2)10(8)9-4-3-5-11-6-9/h3-6,8,10H,7H2,1-2H3. The van der Waals surface area contributed by atoms with Crippen LogP contribution in [0.3, 0.4) is 0 Å². The highest BCUT2D eigenvalue weighted by atomic mass is 15.2. The number of hydrogen-bond acceptors (Lipinski definition) is 2. The molecule has 1 aliphatic heterocycles. The second-order valence-corrected chi connectivity index (χ2v) is 3.65. The van der Waals surface area contributed by atoms with Crippen molar-refractivity contribution in [2.75, 3.05) is 13.6 Å². The smallest absolute Gasteiger partial charge is 0.0398 e. The van der Waals surface area contributed by atoms with Crippen LogP contribution in [0, 0.1) is 5.92 Å². The van der Waals surface area contributed by atoms with Gasteiger partial charge in [-0.3, -0.25) is 9.88 Å². The number of nitrogens with zero attached hydrogens (tertiary/aromatic N) is 2. The lowest BCUT2D eigenvalue weighted by atomic mass is 9.86. The van der Waals surface area contributed by atoms with Crippen LogP contribution in [0.4, 0.5) is 0 Å². The molecule has 1 aromatic heterocycles. The summed E-state index contributed by atoms with van der Waals surface area (Å²) >= 11 is 0. The van der Waals surface area contributed by atoms with Gasteiger partial charge in [-0.25, -0.2) is 0 Å². The van der Waals surface area contributed by atoms with E-state index in [4.69, 9.17) is 0 Å². The SMILES string of the molecule is CC1CN(C)C1c1cccnc1. The van der Waals surface area contributed by atoms with Crippen molar-refractivity contribution in [3.63, 3.8) is 0 Å². The topological polar surface area (TPSA) is 16.1 Å². The molecular weight excluding hydrogens is 148 g/mol. The van der Waals surface area contributed by atoms with Gasteiger partial charge in [0.05, 0.1) is 0 Å². The van der Waals surface area contributed by atoms with Gasteiger partial charge in [0.2, 0.25) is 0 Å². The minimum Gasteiger partial charge on any atom is -0.299 e. The highest BCUT2D eigenvalue weighted by molar-refractivity contribution is 5.17. The Bertz CT molecular complexity index is 250. The Morgan fingerprint density at radius 3 is 2.92 bits per heavy atom. The third kappa shape index (κ3) is 1.12. The number of pyridine rings is 1. The highest BCUT2D eigenvalue weighted by Crippen LogP contribution is 2.35. The summed E-state index contributed by atoms with van der Waals surface area (Å²) in [6.07, 6.45) is 3.80. The average Bonchev–Trinajstić information content (AvgIpc) is 2.05. The van der Waals surface area contributed by atoms with E-state index < -0.39 is 0 Å². The summed E-state index contributed by atoms with van der Waals surface area (Å²) in [5.74, 6) is 0.777. The summed E-state index contributed by atoms with van der Waals surface area (Å²) in [6.45, 7) is 3.50. The Hall–Kier alpha value is -0.890. The molecule has 0 radical (unpaired) electrons. The molecule has 0 spiro atoms. The van der Waals surface area contributed by atoms with Crippen molar-refractivity contribution in [2.45, 2.75) is 13.0 Å². The predicted octanol–water partition coefficient (Wildman–Crippen LogP) is 1.70. The molecular formula is C10H14N2. The summed E-state index contributed by atoms with van der Waals surface area (Å²) in [6, 6.07) is 4.76. The van der Waals surface area contributed by atoms with Crippen LogP contribution < -0.4 is 0 Å². The van der Waals surface area contributed by atoms with Crippen molar-refractivity contribution in [2.24, 2.45) is 5.92 Å². The average molecular weight is 162 g/mol. The van der Waals surface area contributed by atoms with Gasteiger partial charge < -0.3 is 0 Å². The third-order valence-electron chi connectivity index (χ3n) is 2.62. The quantitative estimate of drug-likeness (QED) is 0.625. The molecule has 2 rings (SSSR count). The van der Waals surface area contributed by atoms with E-state index in [1.165, 1.54) is 12.1 Å². The van der Waals surface area contributed by atoms with Crippen molar-refractivity contribution >= 4 is 0 Å². The van der Waals surface area contributed by atoms with Crippen molar-refractivity contribution in [3.8, 4) is 0 Å². The van der Waals surface area contributed by atoms with Gasteiger partial charge in [-0.05, 0) is 24.6 Å². The summed E-state index contributed by atoms with van der Waals surface area (Å²) in [5, 5.41) is 0. The number of aromatic nitrogens is 1. The molecule has 1 aromatic rings. The first kappa shape index (κ1) is 7.74. The molecule has 0 bridgehead atoms. The molecule has 0 aliphatic carbocycles. The van der Waals surface area contributed by atoms with E-state index in [0.717, 1.165) is 5.92 Å². The molecule has 0 saturated carbocycles. The van der Waals surface area contributed by atoms with Crippen molar-refractivity contribution < 1.29 is 0 Å². The van der Waals surface area contributed by atoms with Crippen LogP contribution in [-0.4, -0.2) is 23.5 Å². The van der Waals surface area contributed by atoms with Crippen LogP contribution in [-0.2, 0) is 0 Å². The maximum absolute atomic E-state index is 4.13.